The first-order valence-electron chi connectivity index (χ1n) is 9.01. The summed E-state index contributed by atoms with van der Waals surface area (Å²) in [6, 6.07) is 21.4. The van der Waals surface area contributed by atoms with Crippen molar-refractivity contribution >= 4 is 40.7 Å². The first-order valence-corrected chi connectivity index (χ1v) is 9.01. The van der Waals surface area contributed by atoms with Gasteiger partial charge in [-0.2, -0.15) is 0 Å². The molecule has 5 aromatic rings. The maximum Gasteiger partial charge on any atom is 0.138 e. The van der Waals surface area contributed by atoms with Gasteiger partial charge in [-0.25, -0.2) is 4.98 Å². The number of hydrogen-bond donors (Lipinski definition) is 1. The largest absolute Gasteiger partial charge is 0.340 e. The molecule has 126 valence electrons. The van der Waals surface area contributed by atoms with Crippen LogP contribution in [0.15, 0.2) is 66.9 Å². The fourth-order valence-electron chi connectivity index (χ4n) is 3.81. The summed E-state index contributed by atoms with van der Waals surface area (Å²) >= 11 is 0. The molecule has 3 nitrogen and oxygen atoms in total. The summed E-state index contributed by atoms with van der Waals surface area (Å²) in [5.74, 6) is 0.954. The Bertz CT molecular complexity index is 1270. The quantitative estimate of drug-likeness (QED) is 0.472. The lowest BCUT2D eigenvalue weighted by Crippen LogP contribution is -2.17. The molecule has 1 N–H and O–H groups in total. The molecule has 0 radical (unpaired) electrons. The van der Waals surface area contributed by atoms with Crippen LogP contribution in [0.25, 0.3) is 38.7 Å². The average molecular weight is 337 g/mol. The van der Waals surface area contributed by atoms with Crippen LogP contribution in [0.2, 0.25) is 0 Å². The normalized spacial score (nSPS) is 12.4. The van der Waals surface area contributed by atoms with Crippen LogP contribution in [0.3, 0.4) is 0 Å². The number of nitrogens with zero attached hydrogens (tertiary/aromatic N) is 2. The number of fused-ring (bicyclic) bond motifs is 5. The lowest BCUT2D eigenvalue weighted by Gasteiger charge is -2.19. The van der Waals surface area contributed by atoms with Gasteiger partial charge < -0.3 is 4.98 Å². The number of aromatic amines is 1. The van der Waals surface area contributed by atoms with Crippen molar-refractivity contribution in [2.24, 2.45) is 0 Å². The maximum atomic E-state index is 4.71. The van der Waals surface area contributed by atoms with Crippen molar-refractivity contribution in [2.75, 3.05) is 0 Å². The van der Waals surface area contributed by atoms with E-state index in [4.69, 9.17) is 4.98 Å². The van der Waals surface area contributed by atoms with Crippen LogP contribution in [0.4, 0.5) is 0 Å². The van der Waals surface area contributed by atoms with E-state index in [1.807, 2.05) is 6.20 Å². The molecular weight excluding hydrogens is 317 g/mol. The Labute approximate surface area is 153 Å². The van der Waals surface area contributed by atoms with Crippen molar-refractivity contribution in [1.29, 1.82) is 0 Å². The molecular formula is C22H20BN3. The third-order valence-electron chi connectivity index (χ3n) is 5.16. The van der Waals surface area contributed by atoms with E-state index in [0.29, 0.717) is 0 Å². The van der Waals surface area contributed by atoms with Crippen molar-refractivity contribution in [3.05, 3.63) is 72.4 Å². The Morgan fingerprint density at radius 3 is 2.50 bits per heavy atom. The molecule has 0 aliphatic carbocycles. The van der Waals surface area contributed by atoms with Gasteiger partial charge in [0.2, 0.25) is 0 Å². The Morgan fingerprint density at radius 2 is 1.69 bits per heavy atom. The van der Waals surface area contributed by atoms with Crippen LogP contribution in [0.1, 0.15) is 19.4 Å². The highest BCUT2D eigenvalue weighted by molar-refractivity contribution is 6.21. The van der Waals surface area contributed by atoms with E-state index in [1.165, 1.54) is 27.2 Å². The fourth-order valence-corrected chi connectivity index (χ4v) is 3.81. The summed E-state index contributed by atoms with van der Waals surface area (Å²) in [4.78, 5) is 8.32. The second kappa shape index (κ2) is 5.24. The zero-order valence-electron chi connectivity index (χ0n) is 15.2. The Morgan fingerprint density at radius 1 is 0.962 bits per heavy atom. The number of H-pyrrole nitrogens is 1. The smallest absolute Gasteiger partial charge is 0.138 e. The van der Waals surface area contributed by atoms with Gasteiger partial charge in [0.1, 0.15) is 19.3 Å². The number of hydrogen-bond acceptors (Lipinski definition) is 1. The SMILES string of the molecule is BC(C)(C)c1ccnc(-n2c3ccccc3c3c4ccccc4[nH]c32)c1. The molecule has 0 bridgehead atoms. The summed E-state index contributed by atoms with van der Waals surface area (Å²) in [6.45, 7) is 4.47. The van der Waals surface area contributed by atoms with Crippen LogP contribution in [0, 0.1) is 0 Å². The highest BCUT2D eigenvalue weighted by Gasteiger charge is 2.19. The zero-order valence-corrected chi connectivity index (χ0v) is 15.2. The van der Waals surface area contributed by atoms with Gasteiger partial charge >= 0.3 is 0 Å². The van der Waals surface area contributed by atoms with Gasteiger partial charge in [-0.1, -0.05) is 50.2 Å². The van der Waals surface area contributed by atoms with Gasteiger partial charge in [0, 0.05) is 27.9 Å². The number of nitrogens with one attached hydrogen (secondary N) is 1. The Kier molecular flexibility index (Phi) is 3.08. The van der Waals surface area contributed by atoms with Crippen LogP contribution in [0.5, 0.6) is 0 Å². The first-order chi connectivity index (χ1) is 12.5. The number of para-hydroxylation sites is 2. The molecule has 0 aliphatic rings. The molecule has 0 atom stereocenters. The molecule has 26 heavy (non-hydrogen) atoms. The van der Waals surface area contributed by atoms with Crippen molar-refractivity contribution in [3.63, 3.8) is 0 Å². The van der Waals surface area contributed by atoms with E-state index >= 15 is 0 Å². The van der Waals surface area contributed by atoms with Crippen LogP contribution >= 0.6 is 0 Å². The van der Waals surface area contributed by atoms with Crippen LogP contribution in [-0.2, 0) is 5.31 Å². The lowest BCUT2D eigenvalue weighted by molar-refractivity contribution is 0.759. The Hall–Kier alpha value is -3.01. The molecule has 0 saturated carbocycles. The zero-order chi connectivity index (χ0) is 17.9. The predicted octanol–water partition coefficient (Wildman–Crippen LogP) is 4.53. The van der Waals surface area contributed by atoms with Gasteiger partial charge in [-0.3, -0.25) is 4.57 Å². The monoisotopic (exact) mass is 337 g/mol. The fraction of sp³-hybridized carbons (Fsp3) is 0.136. The van der Waals surface area contributed by atoms with E-state index in [9.17, 15) is 0 Å². The van der Waals surface area contributed by atoms with Crippen molar-refractivity contribution < 1.29 is 0 Å². The summed E-state index contributed by atoms with van der Waals surface area (Å²) in [5.41, 5.74) is 4.72. The number of benzene rings is 2. The van der Waals surface area contributed by atoms with E-state index in [1.54, 1.807) is 0 Å². The van der Waals surface area contributed by atoms with Gasteiger partial charge in [-0.05, 0) is 35.1 Å². The molecule has 0 spiro atoms. The molecule has 0 saturated heterocycles. The summed E-state index contributed by atoms with van der Waals surface area (Å²) < 4.78 is 2.25. The molecule has 3 aromatic heterocycles. The molecule has 5 rings (SSSR count). The van der Waals surface area contributed by atoms with Crippen LogP contribution in [-0.4, -0.2) is 22.4 Å². The van der Waals surface area contributed by atoms with Crippen molar-refractivity contribution in [2.45, 2.75) is 19.2 Å². The van der Waals surface area contributed by atoms with Gasteiger partial charge in [0.05, 0.1) is 5.52 Å². The highest BCUT2D eigenvalue weighted by Crippen LogP contribution is 2.36. The summed E-state index contributed by atoms with van der Waals surface area (Å²) in [6.07, 6.45) is 1.92. The topological polar surface area (TPSA) is 33.6 Å². The second-order valence-corrected chi connectivity index (χ2v) is 7.90. The third-order valence-corrected chi connectivity index (χ3v) is 5.16. The molecule has 3 heterocycles. The molecule has 4 heteroatoms. The average Bonchev–Trinajstić information content (AvgIpc) is 3.15. The third kappa shape index (κ3) is 2.12. The van der Waals surface area contributed by atoms with Crippen molar-refractivity contribution in [3.8, 4) is 5.82 Å². The van der Waals surface area contributed by atoms with E-state index in [-0.39, 0.29) is 5.31 Å². The summed E-state index contributed by atoms with van der Waals surface area (Å²) in [7, 11) is 2.23. The second-order valence-electron chi connectivity index (χ2n) is 7.90. The Balaban J connectivity index is 1.93. The van der Waals surface area contributed by atoms with Crippen LogP contribution < -0.4 is 0 Å². The molecule has 2 aromatic carbocycles. The minimum Gasteiger partial charge on any atom is -0.340 e. The maximum absolute atomic E-state index is 4.71. The minimum absolute atomic E-state index is 0.0835. The van der Waals surface area contributed by atoms with Crippen molar-refractivity contribution in [1.82, 2.24) is 14.5 Å². The minimum atomic E-state index is 0.0835. The molecule has 0 unspecified atom stereocenters. The predicted molar refractivity (Wildman–Crippen MR) is 112 cm³/mol. The standard InChI is InChI=1S/C22H20BN3/c1-22(2,23)14-11-12-24-19(13-14)26-18-10-6-4-8-16(18)20-15-7-3-5-9-17(15)25-21(20)26/h3-13,25H,23H2,1-2H3. The van der Waals surface area contributed by atoms with E-state index in [0.717, 1.165) is 17.0 Å². The van der Waals surface area contributed by atoms with Gasteiger partial charge in [0.25, 0.3) is 0 Å². The molecule has 0 amide bonds. The van der Waals surface area contributed by atoms with Gasteiger partial charge in [-0.15, -0.1) is 0 Å². The number of rotatable bonds is 2. The lowest BCUT2D eigenvalue weighted by atomic mass is 9.68. The van der Waals surface area contributed by atoms with Gasteiger partial charge in [0.15, 0.2) is 0 Å². The number of aromatic nitrogens is 3. The molecule has 0 fully saturated rings. The first kappa shape index (κ1) is 15.3. The van der Waals surface area contributed by atoms with E-state index < -0.39 is 0 Å². The summed E-state index contributed by atoms with van der Waals surface area (Å²) in [5, 5.41) is 3.85. The highest BCUT2D eigenvalue weighted by atomic mass is 15.1. The van der Waals surface area contributed by atoms with E-state index in [2.05, 4.69) is 91.9 Å². The number of pyridine rings is 1. The molecule has 0 aliphatic heterocycles.